The van der Waals surface area contributed by atoms with Gasteiger partial charge in [0.2, 0.25) is 2.86 Å². The number of anilines is 1. The van der Waals surface area contributed by atoms with Crippen molar-refractivity contribution in [1.82, 2.24) is 0 Å². The molecule has 1 aliphatic heterocycles. The van der Waals surface area contributed by atoms with Gasteiger partial charge in [-0.2, -0.15) is 0 Å². The lowest BCUT2D eigenvalue weighted by atomic mass is 9.76. The third-order valence-electron chi connectivity index (χ3n) is 4.87. The Bertz CT molecular complexity index is 514. The Morgan fingerprint density at radius 2 is 2.25 bits per heavy atom. The van der Waals surface area contributed by atoms with Gasteiger partial charge in [0.05, 0.1) is 13.2 Å². The minimum atomic E-state index is 0.152. The zero-order valence-electron chi connectivity index (χ0n) is 13.6. The number of aliphatic hydroxyl groups is 3. The summed E-state index contributed by atoms with van der Waals surface area (Å²) >= 11 is 0. The highest BCUT2D eigenvalue weighted by atomic mass is 16.3. The quantitative estimate of drug-likeness (QED) is 0.733. The van der Waals surface area contributed by atoms with Crippen LogP contribution in [0.25, 0.3) is 0 Å². The van der Waals surface area contributed by atoms with Gasteiger partial charge in [-0.3, -0.25) is 0 Å². The highest BCUT2D eigenvalue weighted by Gasteiger charge is 2.41. The van der Waals surface area contributed by atoms with Crippen LogP contribution in [0.3, 0.4) is 0 Å². The predicted octanol–water partition coefficient (Wildman–Crippen LogP) is 1.24. The standard InChI is InChI=1S/C16H23NO3/c18-6-5-17-15-3-1-11(9-19)7-13(15)14-8-12(10-20)2-4-16(14)17/h1,3,7,12,14,16,18-20H,2,4-6,8-10H2/i19D,20D. The van der Waals surface area contributed by atoms with E-state index in [9.17, 15) is 5.11 Å². The number of rotatable bonds is 6. The predicted molar refractivity (Wildman–Crippen MR) is 77.8 cm³/mol. The summed E-state index contributed by atoms with van der Waals surface area (Å²) in [4.78, 5) is 2.32. The van der Waals surface area contributed by atoms with E-state index in [2.05, 4.69) is 27.3 Å². The van der Waals surface area contributed by atoms with Crippen LogP contribution in [0.2, 0.25) is 0 Å². The molecule has 3 atom stereocenters. The lowest BCUT2D eigenvalue weighted by Crippen LogP contribution is -2.39. The Balaban J connectivity index is 1.89. The fraction of sp³-hybridized carbons (Fsp3) is 0.625. The van der Waals surface area contributed by atoms with Crippen LogP contribution in [0, 0.1) is 5.92 Å². The number of aliphatic hydroxyl groups excluding tert-OH is 3. The highest BCUT2D eigenvalue weighted by Crippen LogP contribution is 2.49. The molecule has 2 aliphatic rings. The Morgan fingerprint density at radius 1 is 1.30 bits per heavy atom. The van der Waals surface area contributed by atoms with E-state index in [0.717, 1.165) is 24.8 Å². The third kappa shape index (κ3) is 2.22. The largest absolute Gasteiger partial charge is 0.396 e. The molecular weight excluding hydrogens is 254 g/mol. The number of nitrogens with zero attached hydrogens (tertiary/aromatic N) is 1. The first kappa shape index (κ1) is 11.5. The van der Waals surface area contributed by atoms with Gasteiger partial charge in [-0.25, -0.2) is 0 Å². The molecule has 0 radical (unpaired) electrons. The maximum Gasteiger partial charge on any atom is 0.211 e. The Kier molecular flexibility index (Phi) is 3.30. The highest BCUT2D eigenvalue weighted by molar-refractivity contribution is 5.63. The van der Waals surface area contributed by atoms with E-state index in [1.54, 1.807) is 0 Å². The van der Waals surface area contributed by atoms with Gasteiger partial charge in [-0.05, 0) is 42.4 Å². The average molecular weight is 279 g/mol. The van der Waals surface area contributed by atoms with Gasteiger partial charge in [0, 0.05) is 30.8 Å². The van der Waals surface area contributed by atoms with Crippen molar-refractivity contribution in [1.29, 1.82) is 2.86 Å². The summed E-state index contributed by atoms with van der Waals surface area (Å²) in [7, 11) is 0. The lowest BCUT2D eigenvalue weighted by Gasteiger charge is -2.36. The maximum absolute atomic E-state index is 9.39. The van der Waals surface area contributed by atoms with Crippen LogP contribution in [-0.4, -0.2) is 44.0 Å². The van der Waals surface area contributed by atoms with Gasteiger partial charge < -0.3 is 20.2 Å². The average Bonchev–Trinajstić information content (AvgIpc) is 2.82. The Labute approximate surface area is 122 Å². The molecule has 4 nitrogen and oxygen atoms in total. The summed E-state index contributed by atoms with van der Waals surface area (Å²) < 4.78 is 13.9. The van der Waals surface area contributed by atoms with E-state index in [4.69, 9.17) is 2.86 Å². The summed E-state index contributed by atoms with van der Waals surface area (Å²) in [5, 5.41) is 18.5. The first-order valence-corrected chi connectivity index (χ1v) is 7.45. The molecule has 20 heavy (non-hydrogen) atoms. The summed E-state index contributed by atoms with van der Waals surface area (Å²) in [6.45, 7) is 1.60. The Hall–Kier alpha value is -1.10. The van der Waals surface area contributed by atoms with Crippen LogP contribution >= 0.6 is 0 Å². The van der Waals surface area contributed by atoms with Crippen LogP contribution in [0.4, 0.5) is 5.69 Å². The Morgan fingerprint density at radius 3 is 3.05 bits per heavy atom. The summed E-state index contributed by atoms with van der Waals surface area (Å²) in [6.07, 6.45) is 3.15. The summed E-state index contributed by atoms with van der Waals surface area (Å²) in [5.74, 6) is 0.845. The molecule has 3 rings (SSSR count). The smallest absolute Gasteiger partial charge is 0.211 e. The van der Waals surface area contributed by atoms with Crippen molar-refractivity contribution in [3.63, 3.8) is 0 Å². The molecule has 0 saturated heterocycles. The van der Waals surface area contributed by atoms with Crippen molar-refractivity contribution in [2.24, 2.45) is 5.92 Å². The number of fused-ring (bicyclic) bond motifs is 3. The maximum atomic E-state index is 9.39. The monoisotopic (exact) mass is 279 g/mol. The van der Waals surface area contributed by atoms with E-state index in [1.807, 2.05) is 6.07 Å². The molecule has 3 N–H and O–H groups in total. The van der Waals surface area contributed by atoms with E-state index < -0.39 is 0 Å². The van der Waals surface area contributed by atoms with E-state index >= 15 is 0 Å². The topological polar surface area (TPSA) is 63.9 Å². The van der Waals surface area contributed by atoms with Crippen LogP contribution in [-0.2, 0) is 6.61 Å². The zero-order valence-corrected chi connectivity index (χ0v) is 11.6. The molecule has 0 bridgehead atoms. The third-order valence-corrected chi connectivity index (χ3v) is 4.87. The SMILES string of the molecule is [2H]OCc1ccc2c(c1)C1CC(CO[2H])CCC1N2CCO. The molecule has 110 valence electrons. The second kappa shape index (κ2) is 5.72. The van der Waals surface area contributed by atoms with Crippen LogP contribution in [0.1, 0.15) is 36.3 Å². The van der Waals surface area contributed by atoms with Crippen molar-refractivity contribution in [3.05, 3.63) is 29.3 Å². The molecular formula is C16H23NO3. The first-order chi connectivity index (χ1) is 10.8. The fourth-order valence-electron chi connectivity index (χ4n) is 3.93. The van der Waals surface area contributed by atoms with Gasteiger partial charge in [0.15, 0.2) is 0 Å². The van der Waals surface area contributed by atoms with Gasteiger partial charge in [-0.15, -0.1) is 0 Å². The van der Waals surface area contributed by atoms with E-state index in [0.29, 0.717) is 37.6 Å². The van der Waals surface area contributed by atoms with Crippen molar-refractivity contribution < 1.29 is 15.3 Å². The van der Waals surface area contributed by atoms with Crippen LogP contribution in [0.5, 0.6) is 0 Å². The second-order valence-corrected chi connectivity index (χ2v) is 5.97. The molecule has 0 spiro atoms. The van der Waals surface area contributed by atoms with Crippen molar-refractivity contribution in [3.8, 4) is 0 Å². The molecule has 0 amide bonds. The first-order valence-electron chi connectivity index (χ1n) is 8.26. The van der Waals surface area contributed by atoms with Crippen molar-refractivity contribution >= 4 is 5.69 Å². The van der Waals surface area contributed by atoms with Gasteiger partial charge in [0.25, 0.3) is 0 Å². The minimum Gasteiger partial charge on any atom is -0.396 e. The molecule has 1 fully saturated rings. The van der Waals surface area contributed by atoms with E-state index in [1.165, 1.54) is 11.3 Å². The van der Waals surface area contributed by atoms with Crippen molar-refractivity contribution in [2.45, 2.75) is 37.8 Å². The number of benzene rings is 1. The minimum absolute atomic E-state index is 0.152. The molecule has 4 heteroatoms. The molecule has 3 unspecified atom stereocenters. The summed E-state index contributed by atoms with van der Waals surface area (Å²) in [5.41, 5.74) is 3.50. The van der Waals surface area contributed by atoms with Crippen LogP contribution in [0.15, 0.2) is 18.2 Å². The second-order valence-electron chi connectivity index (χ2n) is 5.97. The molecule has 1 aromatic carbocycles. The number of hydrogen-bond donors (Lipinski definition) is 3. The molecule has 1 aliphatic carbocycles. The molecule has 0 aromatic heterocycles. The fourth-order valence-corrected chi connectivity index (χ4v) is 3.93. The van der Waals surface area contributed by atoms with Crippen molar-refractivity contribution in [2.75, 3.05) is 24.7 Å². The van der Waals surface area contributed by atoms with Gasteiger partial charge in [0.1, 0.15) is 0 Å². The zero-order chi connectivity index (χ0) is 15.5. The molecule has 1 saturated carbocycles. The number of β-amino-alcohol motifs (C(OH)–C–C–N with tert-alkyl or cyclic N) is 1. The lowest BCUT2D eigenvalue weighted by molar-refractivity contribution is 0.171. The summed E-state index contributed by atoms with van der Waals surface area (Å²) in [6, 6.07) is 6.66. The van der Waals surface area contributed by atoms with Gasteiger partial charge >= 0.3 is 0 Å². The van der Waals surface area contributed by atoms with E-state index in [-0.39, 0.29) is 6.61 Å². The molecule has 1 heterocycles. The van der Waals surface area contributed by atoms with Gasteiger partial charge in [-0.1, -0.05) is 12.1 Å². The molecule has 1 aromatic rings. The van der Waals surface area contributed by atoms with Crippen LogP contribution < -0.4 is 4.90 Å². The number of hydrogen-bond acceptors (Lipinski definition) is 4. The normalized spacial score (nSPS) is 29.6.